The van der Waals surface area contributed by atoms with Gasteiger partial charge in [-0.15, -0.1) is 52.6 Å². The Bertz CT molecular complexity index is 2120. The third kappa shape index (κ3) is 16.6. The van der Waals surface area contributed by atoms with Crippen LogP contribution in [0, 0.1) is 26.8 Å². The molecule has 2 rings (SSSR count). The normalized spacial score (nSPS) is 10.7. The molecule has 2 aromatic carbocycles. The van der Waals surface area contributed by atoms with Crippen molar-refractivity contribution in [1.29, 1.82) is 0 Å². The van der Waals surface area contributed by atoms with E-state index >= 15 is 0 Å². The van der Waals surface area contributed by atoms with E-state index in [-0.39, 0.29) is 123 Å². The molecule has 0 radical (unpaired) electrons. The average molecular weight is 1650 g/mol. The molecule has 8 amide bonds. The topological polar surface area (TPSA) is 158 Å². The summed E-state index contributed by atoms with van der Waals surface area (Å²) in [5.41, 5.74) is 0.748. The molecule has 3 N–H and O–H groups in total. The summed E-state index contributed by atoms with van der Waals surface area (Å²) in [7, 11) is 5.02. The minimum Gasteiger partial charge on any atom is -0.331 e. The highest BCUT2D eigenvalue weighted by atomic mass is 127. The van der Waals surface area contributed by atoms with E-state index in [1.807, 2.05) is 142 Å². The van der Waals surface area contributed by atoms with E-state index in [1.165, 1.54) is 9.80 Å². The second-order valence-electron chi connectivity index (χ2n) is 16.2. The summed E-state index contributed by atoms with van der Waals surface area (Å²) in [5.74, 6) is -1.50. The lowest BCUT2D eigenvalue weighted by molar-refractivity contribution is 0.0771. The molecule has 0 unspecified atom stereocenters. The molecule has 15 nitrogen and oxygen atoms in total. The smallest absolute Gasteiger partial charge is 0.321 e. The number of hydrogen-bond donors (Lipinski definition) is 3. The van der Waals surface area contributed by atoms with Crippen molar-refractivity contribution in [2.75, 3.05) is 104 Å². The number of anilines is 2. The van der Waals surface area contributed by atoms with Crippen molar-refractivity contribution >= 4 is 183 Å². The predicted octanol–water partition coefficient (Wildman–Crippen LogP) is 10.4. The summed E-state index contributed by atoms with van der Waals surface area (Å²) in [6.45, 7) is 34.8. The van der Waals surface area contributed by atoms with Crippen molar-refractivity contribution in [3.63, 3.8) is 0 Å². The Balaban J connectivity index is 2.71. The maximum atomic E-state index is 14.4. The van der Waals surface area contributed by atoms with Gasteiger partial charge in [0.2, 0.25) is 0 Å². The Morgan fingerprint density at radius 3 is 0.831 bits per heavy atom. The SMILES string of the molecule is C=CCN(CC=C)C(=O)c1c(I)c(NC(=O)N(C)CC(C)(CNC)CN(C)C(=O)Nc2c(I)c(C(=O)N(CC=C)CC=C)c(I)c(C(=O)N(CC=C)CC=C)c2I)c(I)c(C(=O)N(CC=C)CC=C)c1I. The number of benzene rings is 2. The van der Waals surface area contributed by atoms with Crippen molar-refractivity contribution in [2.45, 2.75) is 6.92 Å². The second kappa shape index (κ2) is 31.1. The largest absolute Gasteiger partial charge is 0.331 e. The lowest BCUT2D eigenvalue weighted by Crippen LogP contribution is -2.50. The van der Waals surface area contributed by atoms with E-state index in [4.69, 9.17) is 0 Å². The van der Waals surface area contributed by atoms with Crippen LogP contribution in [-0.2, 0) is 0 Å². The molecule has 0 aromatic heterocycles. The maximum absolute atomic E-state index is 14.4. The minimum absolute atomic E-state index is 0.131. The van der Waals surface area contributed by atoms with Gasteiger partial charge in [0.05, 0.1) is 47.9 Å². The fourth-order valence-electron chi connectivity index (χ4n) is 7.42. The Morgan fingerprint density at radius 1 is 0.437 bits per heavy atom. The van der Waals surface area contributed by atoms with Gasteiger partial charge in [-0.1, -0.05) is 55.5 Å². The first kappa shape index (κ1) is 64.2. The highest BCUT2D eigenvalue weighted by molar-refractivity contribution is 14.1. The Labute approximate surface area is 501 Å². The van der Waals surface area contributed by atoms with Gasteiger partial charge in [0.25, 0.3) is 23.6 Å². The van der Waals surface area contributed by atoms with Gasteiger partial charge >= 0.3 is 12.1 Å². The zero-order valence-corrected chi connectivity index (χ0v) is 53.4. The van der Waals surface area contributed by atoms with Crippen LogP contribution in [0.3, 0.4) is 0 Å². The average Bonchev–Trinajstić information content (AvgIpc) is 3.31. The van der Waals surface area contributed by atoms with Crippen molar-refractivity contribution in [1.82, 2.24) is 34.7 Å². The van der Waals surface area contributed by atoms with Gasteiger partial charge in [-0.25, -0.2) is 9.59 Å². The Morgan fingerprint density at radius 2 is 0.648 bits per heavy atom. The van der Waals surface area contributed by atoms with Crippen LogP contribution in [0.15, 0.2) is 101 Å². The van der Waals surface area contributed by atoms with Crippen LogP contribution in [0.5, 0.6) is 0 Å². The lowest BCUT2D eigenvalue weighted by Gasteiger charge is -2.37. The monoisotopic (exact) mass is 1640 g/mol. The van der Waals surface area contributed by atoms with Crippen LogP contribution in [0.4, 0.5) is 21.0 Å². The molecule has 21 heteroatoms. The molecule has 2 aromatic rings. The van der Waals surface area contributed by atoms with Gasteiger partial charge in [0.15, 0.2) is 0 Å². The first-order valence-corrected chi connectivity index (χ1v) is 28.2. The van der Waals surface area contributed by atoms with Gasteiger partial charge < -0.3 is 45.3 Å². The zero-order valence-electron chi connectivity index (χ0n) is 40.5. The Hall–Kier alpha value is -2.88. The van der Waals surface area contributed by atoms with Gasteiger partial charge in [0, 0.05) is 98.6 Å². The number of carbonyl (C=O) groups excluding carboxylic acids is 6. The van der Waals surface area contributed by atoms with Crippen LogP contribution in [-0.4, -0.2) is 158 Å². The highest BCUT2D eigenvalue weighted by Crippen LogP contribution is 2.39. The van der Waals surface area contributed by atoms with Gasteiger partial charge in [-0.05, 0) is 143 Å². The van der Waals surface area contributed by atoms with Gasteiger partial charge in [0.1, 0.15) is 0 Å². The quantitative estimate of drug-likeness (QED) is 0.0565. The number of hydrogen-bond acceptors (Lipinski definition) is 7. The van der Waals surface area contributed by atoms with E-state index in [0.717, 1.165) is 0 Å². The summed E-state index contributed by atoms with van der Waals surface area (Å²) in [5, 5.41) is 9.23. The molecule has 0 saturated carbocycles. The molecular formula is C50H61I6N9O6. The van der Waals surface area contributed by atoms with Crippen molar-refractivity contribution < 1.29 is 28.8 Å². The van der Waals surface area contributed by atoms with Crippen LogP contribution in [0.2, 0.25) is 0 Å². The summed E-state index contributed by atoms with van der Waals surface area (Å²) in [6.07, 6.45) is 12.8. The van der Waals surface area contributed by atoms with E-state index in [1.54, 1.807) is 89.4 Å². The Kier molecular flexibility index (Phi) is 28.1. The predicted molar refractivity (Wildman–Crippen MR) is 340 cm³/mol. The lowest BCUT2D eigenvalue weighted by atomic mass is 9.89. The number of nitrogens with one attached hydrogen (secondary N) is 3. The third-order valence-electron chi connectivity index (χ3n) is 10.4. The molecule has 0 fully saturated rings. The standard InChI is InChI=1S/C50H61I6N9O6/c1-13-21-62(22-14-2)44(66)32-36(51)33(45(67)63(23-15-3)24-16-4)39(54)42(38(32)53)58-48(70)60(11)30-50(9,29-57-10)31-61(12)49(71)59-43-40(55)34(46(68)64(25-17-5)26-18-6)37(52)35(41(43)56)47(69)65(27-19-7)28-20-8/h13-20,57H,1-8,21-31H2,9-12H3,(H,58,70)(H,59,71). The van der Waals surface area contributed by atoms with E-state index in [9.17, 15) is 28.8 Å². The molecule has 0 heterocycles. The van der Waals surface area contributed by atoms with Crippen LogP contribution >= 0.6 is 136 Å². The summed E-state index contributed by atoms with van der Waals surface area (Å²) < 4.78 is 2.57. The molecule has 384 valence electrons. The first-order valence-electron chi connectivity index (χ1n) is 21.7. The molecule has 0 spiro atoms. The molecule has 0 aliphatic rings. The van der Waals surface area contributed by atoms with E-state index < -0.39 is 17.5 Å². The van der Waals surface area contributed by atoms with Gasteiger partial charge in [-0.3, -0.25) is 19.2 Å². The molecule has 71 heavy (non-hydrogen) atoms. The summed E-state index contributed by atoms with van der Waals surface area (Å²) in [6, 6.07) is -1.06. The van der Waals surface area contributed by atoms with Crippen LogP contribution < -0.4 is 16.0 Å². The van der Waals surface area contributed by atoms with Crippen molar-refractivity contribution in [3.05, 3.63) is 145 Å². The first-order chi connectivity index (χ1) is 33.6. The second-order valence-corrected chi connectivity index (χ2v) is 22.7. The molecule has 0 saturated heterocycles. The molecular weight excluding hydrogens is 1580 g/mol. The van der Waals surface area contributed by atoms with Crippen molar-refractivity contribution in [2.24, 2.45) is 5.41 Å². The molecule has 0 aliphatic heterocycles. The van der Waals surface area contributed by atoms with Gasteiger partial charge in [-0.2, -0.15) is 0 Å². The number of carbonyl (C=O) groups is 6. The van der Waals surface area contributed by atoms with Crippen LogP contribution in [0.25, 0.3) is 0 Å². The minimum atomic E-state index is -0.770. The number of halogens is 6. The fraction of sp³-hybridized carbons (Fsp3) is 0.320. The summed E-state index contributed by atoms with van der Waals surface area (Å²) >= 11 is 12.2. The number of rotatable bonds is 28. The third-order valence-corrected chi connectivity index (χ3v) is 16.9. The van der Waals surface area contributed by atoms with E-state index in [0.29, 0.717) is 28.0 Å². The zero-order chi connectivity index (χ0) is 53.9. The number of urea groups is 2. The van der Waals surface area contributed by atoms with Crippen molar-refractivity contribution in [3.8, 4) is 0 Å². The highest BCUT2D eigenvalue weighted by Gasteiger charge is 2.36. The summed E-state index contributed by atoms with van der Waals surface area (Å²) in [4.78, 5) is 95.2. The molecule has 0 atom stereocenters. The molecule has 0 bridgehead atoms. The molecule has 0 aliphatic carbocycles. The van der Waals surface area contributed by atoms with E-state index in [2.05, 4.69) is 68.6 Å². The fourth-order valence-corrected chi connectivity index (χ4v) is 16.1. The number of nitrogens with zero attached hydrogens (tertiary/aromatic N) is 6. The number of amides is 8. The van der Waals surface area contributed by atoms with Crippen LogP contribution in [0.1, 0.15) is 48.4 Å². The maximum Gasteiger partial charge on any atom is 0.321 e.